The molecule has 0 N–H and O–H groups in total. The summed E-state index contributed by atoms with van der Waals surface area (Å²) in [5, 5.41) is 0. The largest absolute Gasteiger partial charge is 0.381 e. The SMILES string of the molecule is O=C(Cc1ccccc1)N1CC(N(CC2CC2)C2CCOCC2)C1. The molecule has 4 rings (SSSR count). The van der Waals surface area contributed by atoms with E-state index in [2.05, 4.69) is 4.90 Å². The smallest absolute Gasteiger partial charge is 0.227 e. The van der Waals surface area contributed by atoms with Crippen molar-refractivity contribution in [3.63, 3.8) is 0 Å². The molecule has 0 bridgehead atoms. The summed E-state index contributed by atoms with van der Waals surface area (Å²) in [4.78, 5) is 17.2. The molecule has 1 amide bonds. The second-order valence-corrected chi connectivity index (χ2v) is 7.60. The molecule has 4 heteroatoms. The first-order chi connectivity index (χ1) is 11.8. The fourth-order valence-corrected chi connectivity index (χ4v) is 3.96. The van der Waals surface area contributed by atoms with Crippen LogP contribution in [0.15, 0.2) is 30.3 Å². The van der Waals surface area contributed by atoms with Crippen molar-refractivity contribution in [2.75, 3.05) is 32.8 Å². The number of likely N-dealkylation sites (tertiary alicyclic amines) is 1. The molecule has 1 aliphatic carbocycles. The summed E-state index contributed by atoms with van der Waals surface area (Å²) >= 11 is 0. The molecular weight excluding hydrogens is 300 g/mol. The van der Waals surface area contributed by atoms with Crippen LogP contribution in [0.1, 0.15) is 31.2 Å². The Bertz CT molecular complexity index is 546. The topological polar surface area (TPSA) is 32.8 Å². The quantitative estimate of drug-likeness (QED) is 0.803. The van der Waals surface area contributed by atoms with Gasteiger partial charge in [-0.05, 0) is 37.2 Å². The summed E-state index contributed by atoms with van der Waals surface area (Å²) in [6.07, 6.45) is 5.63. The van der Waals surface area contributed by atoms with Crippen molar-refractivity contribution in [1.82, 2.24) is 9.80 Å². The van der Waals surface area contributed by atoms with E-state index in [-0.39, 0.29) is 5.91 Å². The minimum Gasteiger partial charge on any atom is -0.381 e. The van der Waals surface area contributed by atoms with Crippen molar-refractivity contribution >= 4 is 5.91 Å². The summed E-state index contributed by atoms with van der Waals surface area (Å²) in [6.45, 7) is 4.85. The molecule has 1 aromatic carbocycles. The number of carbonyl (C=O) groups excluding carboxylic acids is 1. The third-order valence-electron chi connectivity index (χ3n) is 5.71. The molecule has 3 fully saturated rings. The van der Waals surface area contributed by atoms with Crippen LogP contribution in [-0.2, 0) is 16.0 Å². The highest BCUT2D eigenvalue weighted by Gasteiger charge is 2.40. The van der Waals surface area contributed by atoms with Gasteiger partial charge in [0.15, 0.2) is 0 Å². The van der Waals surface area contributed by atoms with Gasteiger partial charge < -0.3 is 9.64 Å². The zero-order valence-electron chi connectivity index (χ0n) is 14.4. The zero-order valence-corrected chi connectivity index (χ0v) is 14.4. The molecule has 3 aliphatic rings. The van der Waals surface area contributed by atoms with E-state index in [9.17, 15) is 4.79 Å². The Hall–Kier alpha value is -1.39. The average Bonchev–Trinajstić information content (AvgIpc) is 3.38. The number of benzene rings is 1. The van der Waals surface area contributed by atoms with Gasteiger partial charge in [-0.1, -0.05) is 30.3 Å². The van der Waals surface area contributed by atoms with Crippen LogP contribution in [0.25, 0.3) is 0 Å². The second-order valence-electron chi connectivity index (χ2n) is 7.60. The minimum absolute atomic E-state index is 0.274. The van der Waals surface area contributed by atoms with Gasteiger partial charge in [-0.3, -0.25) is 9.69 Å². The van der Waals surface area contributed by atoms with Crippen molar-refractivity contribution in [2.24, 2.45) is 5.92 Å². The molecule has 4 nitrogen and oxygen atoms in total. The predicted octanol–water partition coefficient (Wildman–Crippen LogP) is 2.33. The second kappa shape index (κ2) is 7.24. The maximum Gasteiger partial charge on any atom is 0.227 e. The molecular formula is C20H28N2O2. The van der Waals surface area contributed by atoms with E-state index in [0.717, 1.165) is 50.6 Å². The summed E-state index contributed by atoms with van der Waals surface area (Å²) in [7, 11) is 0. The molecule has 0 radical (unpaired) electrons. The van der Waals surface area contributed by atoms with Gasteiger partial charge in [0.25, 0.3) is 0 Å². The maximum atomic E-state index is 12.5. The lowest BCUT2D eigenvalue weighted by Gasteiger charge is -2.49. The maximum absolute atomic E-state index is 12.5. The predicted molar refractivity (Wildman–Crippen MR) is 93.8 cm³/mol. The molecule has 24 heavy (non-hydrogen) atoms. The first-order valence-electron chi connectivity index (χ1n) is 9.45. The fraction of sp³-hybridized carbons (Fsp3) is 0.650. The van der Waals surface area contributed by atoms with E-state index >= 15 is 0 Å². The van der Waals surface area contributed by atoms with Crippen LogP contribution in [0.3, 0.4) is 0 Å². The van der Waals surface area contributed by atoms with Gasteiger partial charge in [0, 0.05) is 44.9 Å². The van der Waals surface area contributed by atoms with Crippen molar-refractivity contribution < 1.29 is 9.53 Å². The van der Waals surface area contributed by atoms with E-state index in [4.69, 9.17) is 4.74 Å². The Labute approximate surface area is 144 Å². The molecule has 0 aromatic heterocycles. The minimum atomic E-state index is 0.274. The van der Waals surface area contributed by atoms with E-state index in [1.807, 2.05) is 35.2 Å². The Morgan fingerprint density at radius 2 is 1.75 bits per heavy atom. The number of carbonyl (C=O) groups is 1. The van der Waals surface area contributed by atoms with Crippen LogP contribution < -0.4 is 0 Å². The Morgan fingerprint density at radius 3 is 2.42 bits per heavy atom. The van der Waals surface area contributed by atoms with E-state index < -0.39 is 0 Å². The lowest BCUT2D eigenvalue weighted by molar-refractivity contribution is -0.139. The van der Waals surface area contributed by atoms with Gasteiger partial charge in [-0.25, -0.2) is 0 Å². The van der Waals surface area contributed by atoms with Gasteiger partial charge in [-0.2, -0.15) is 0 Å². The Balaban J connectivity index is 1.31. The molecule has 2 aliphatic heterocycles. The normalized spacial score (nSPS) is 22.6. The lowest BCUT2D eigenvalue weighted by atomic mass is 9.98. The standard InChI is InChI=1S/C20H28N2O2/c23-20(12-16-4-2-1-3-5-16)21-14-19(15-21)22(13-17-6-7-17)18-8-10-24-11-9-18/h1-5,17-19H,6-15H2. The van der Waals surface area contributed by atoms with Crippen LogP contribution in [0.2, 0.25) is 0 Å². The summed E-state index contributed by atoms with van der Waals surface area (Å²) < 4.78 is 5.54. The lowest BCUT2D eigenvalue weighted by Crippen LogP contribution is -2.64. The highest BCUT2D eigenvalue weighted by molar-refractivity contribution is 5.79. The third kappa shape index (κ3) is 3.81. The van der Waals surface area contributed by atoms with Crippen molar-refractivity contribution in [1.29, 1.82) is 0 Å². The summed E-state index contributed by atoms with van der Waals surface area (Å²) in [5.74, 6) is 1.18. The zero-order chi connectivity index (χ0) is 16.4. The van der Waals surface area contributed by atoms with Crippen molar-refractivity contribution in [2.45, 2.75) is 44.2 Å². The van der Waals surface area contributed by atoms with Gasteiger partial charge in [-0.15, -0.1) is 0 Å². The summed E-state index contributed by atoms with van der Waals surface area (Å²) in [6, 6.07) is 11.3. The number of rotatable bonds is 6. The Kier molecular flexibility index (Phi) is 4.86. The average molecular weight is 328 g/mol. The van der Waals surface area contributed by atoms with Crippen molar-refractivity contribution in [3.05, 3.63) is 35.9 Å². The molecule has 0 unspecified atom stereocenters. The van der Waals surface area contributed by atoms with E-state index in [0.29, 0.717) is 18.5 Å². The highest BCUT2D eigenvalue weighted by Crippen LogP contribution is 2.33. The number of amides is 1. The van der Waals surface area contributed by atoms with Gasteiger partial charge >= 0.3 is 0 Å². The molecule has 130 valence electrons. The first-order valence-corrected chi connectivity index (χ1v) is 9.45. The number of hydrogen-bond donors (Lipinski definition) is 0. The van der Waals surface area contributed by atoms with E-state index in [1.165, 1.54) is 19.4 Å². The van der Waals surface area contributed by atoms with Gasteiger partial charge in [0.1, 0.15) is 0 Å². The molecule has 0 atom stereocenters. The summed E-state index contributed by atoms with van der Waals surface area (Å²) in [5.41, 5.74) is 1.12. The fourth-order valence-electron chi connectivity index (χ4n) is 3.96. The highest BCUT2D eigenvalue weighted by atomic mass is 16.5. The third-order valence-corrected chi connectivity index (χ3v) is 5.71. The molecule has 1 aromatic rings. The first kappa shape index (κ1) is 16.1. The Morgan fingerprint density at radius 1 is 1.04 bits per heavy atom. The number of nitrogens with zero attached hydrogens (tertiary/aromatic N) is 2. The number of hydrogen-bond acceptors (Lipinski definition) is 3. The van der Waals surface area contributed by atoms with Crippen LogP contribution in [0.5, 0.6) is 0 Å². The molecule has 1 saturated carbocycles. The molecule has 0 spiro atoms. The van der Waals surface area contributed by atoms with Crippen LogP contribution >= 0.6 is 0 Å². The monoisotopic (exact) mass is 328 g/mol. The van der Waals surface area contributed by atoms with E-state index in [1.54, 1.807) is 0 Å². The molecule has 2 heterocycles. The van der Waals surface area contributed by atoms with Gasteiger partial charge in [0.05, 0.1) is 6.42 Å². The van der Waals surface area contributed by atoms with Gasteiger partial charge in [0.2, 0.25) is 5.91 Å². The molecule has 2 saturated heterocycles. The van der Waals surface area contributed by atoms with Crippen LogP contribution in [0, 0.1) is 5.92 Å². The van der Waals surface area contributed by atoms with Crippen molar-refractivity contribution in [3.8, 4) is 0 Å². The number of ether oxygens (including phenoxy) is 1. The van der Waals surface area contributed by atoms with Crippen LogP contribution in [-0.4, -0.2) is 60.6 Å². The van der Waals surface area contributed by atoms with Crippen LogP contribution in [0.4, 0.5) is 0 Å².